The van der Waals surface area contributed by atoms with Gasteiger partial charge in [-0.15, -0.1) is 0 Å². The molecule has 0 radical (unpaired) electrons. The zero-order valence-corrected chi connectivity index (χ0v) is 16.4. The molecule has 27 heavy (non-hydrogen) atoms. The SMILES string of the molecule is CCc1cc2c(cc1CC)C1C=CC2C2C(=O)N(C3CCCCC3)C(=O)C12. The van der Waals surface area contributed by atoms with Crippen molar-refractivity contribution in [2.45, 2.75) is 76.7 Å². The van der Waals surface area contributed by atoms with Crippen molar-refractivity contribution in [3.8, 4) is 0 Å². The van der Waals surface area contributed by atoms with Crippen molar-refractivity contribution in [2.75, 3.05) is 0 Å². The molecule has 6 rings (SSSR count). The molecule has 2 fully saturated rings. The van der Waals surface area contributed by atoms with Gasteiger partial charge in [-0.1, -0.05) is 57.4 Å². The van der Waals surface area contributed by atoms with E-state index in [0.29, 0.717) is 0 Å². The van der Waals surface area contributed by atoms with Crippen LogP contribution >= 0.6 is 0 Å². The summed E-state index contributed by atoms with van der Waals surface area (Å²) in [4.78, 5) is 28.5. The molecule has 142 valence electrons. The highest BCUT2D eigenvalue weighted by atomic mass is 16.2. The van der Waals surface area contributed by atoms with Gasteiger partial charge < -0.3 is 0 Å². The average molecular weight is 364 g/mol. The van der Waals surface area contributed by atoms with Gasteiger partial charge in [-0.2, -0.15) is 0 Å². The van der Waals surface area contributed by atoms with E-state index in [1.54, 1.807) is 4.90 Å². The molecule has 0 N–H and O–H groups in total. The molecule has 4 unspecified atom stereocenters. The van der Waals surface area contributed by atoms with Crippen LogP contribution in [0, 0.1) is 11.8 Å². The summed E-state index contributed by atoms with van der Waals surface area (Å²) in [5.74, 6) is 0.0461. The Hall–Kier alpha value is -1.90. The lowest BCUT2D eigenvalue weighted by molar-refractivity contribution is -0.143. The van der Waals surface area contributed by atoms with Crippen LogP contribution in [0.4, 0.5) is 0 Å². The smallest absolute Gasteiger partial charge is 0.234 e. The maximum atomic E-state index is 13.4. The number of carbonyl (C=O) groups is 2. The van der Waals surface area contributed by atoms with E-state index in [9.17, 15) is 9.59 Å². The van der Waals surface area contributed by atoms with Gasteiger partial charge in [0.05, 0.1) is 11.8 Å². The van der Waals surface area contributed by atoms with Crippen molar-refractivity contribution < 1.29 is 9.59 Å². The first-order valence-corrected chi connectivity index (χ1v) is 10.9. The van der Waals surface area contributed by atoms with Crippen LogP contribution in [-0.2, 0) is 22.4 Å². The van der Waals surface area contributed by atoms with Crippen molar-refractivity contribution in [3.05, 3.63) is 46.5 Å². The number of allylic oxidation sites excluding steroid dienone is 2. The van der Waals surface area contributed by atoms with Crippen LogP contribution in [0.5, 0.6) is 0 Å². The summed E-state index contributed by atoms with van der Waals surface area (Å²) in [6, 6.07) is 4.82. The van der Waals surface area contributed by atoms with Gasteiger partial charge >= 0.3 is 0 Å². The lowest BCUT2D eigenvalue weighted by Gasteiger charge is -2.41. The summed E-state index contributed by atoms with van der Waals surface area (Å²) in [7, 11) is 0. The van der Waals surface area contributed by atoms with Gasteiger partial charge in [0.2, 0.25) is 11.8 Å². The van der Waals surface area contributed by atoms with Crippen molar-refractivity contribution in [1.29, 1.82) is 0 Å². The number of hydrogen-bond donors (Lipinski definition) is 0. The van der Waals surface area contributed by atoms with Crippen LogP contribution in [0.3, 0.4) is 0 Å². The van der Waals surface area contributed by atoms with E-state index in [0.717, 1.165) is 38.5 Å². The third-order valence-corrected chi connectivity index (χ3v) is 7.56. The summed E-state index contributed by atoms with van der Waals surface area (Å²) < 4.78 is 0. The van der Waals surface area contributed by atoms with Crippen molar-refractivity contribution in [3.63, 3.8) is 0 Å². The van der Waals surface area contributed by atoms with Gasteiger partial charge in [-0.25, -0.2) is 0 Å². The number of nitrogens with zero attached hydrogens (tertiary/aromatic N) is 1. The molecule has 1 aromatic carbocycles. The number of rotatable bonds is 3. The molecule has 2 amide bonds. The lowest BCUT2D eigenvalue weighted by Crippen LogP contribution is -2.42. The Balaban J connectivity index is 1.57. The third kappa shape index (κ3) is 2.33. The largest absolute Gasteiger partial charge is 0.279 e. The number of likely N-dealkylation sites (tertiary alicyclic amines) is 1. The summed E-state index contributed by atoms with van der Waals surface area (Å²) >= 11 is 0. The zero-order chi connectivity index (χ0) is 18.7. The molecule has 3 heteroatoms. The summed E-state index contributed by atoms with van der Waals surface area (Å²) in [6.07, 6.45) is 12.0. The second-order valence-corrected chi connectivity index (χ2v) is 8.78. The molecule has 1 heterocycles. The Morgan fingerprint density at radius 2 is 1.30 bits per heavy atom. The molecule has 0 spiro atoms. The van der Waals surface area contributed by atoms with E-state index in [1.807, 2.05) is 0 Å². The first kappa shape index (κ1) is 17.2. The van der Waals surface area contributed by atoms with E-state index in [2.05, 4.69) is 38.1 Å². The summed E-state index contributed by atoms with van der Waals surface area (Å²) in [5.41, 5.74) is 5.42. The zero-order valence-electron chi connectivity index (χ0n) is 16.4. The minimum Gasteiger partial charge on any atom is -0.279 e. The summed E-state index contributed by atoms with van der Waals surface area (Å²) in [5, 5.41) is 0. The first-order chi connectivity index (χ1) is 13.2. The number of imide groups is 1. The van der Waals surface area contributed by atoms with Crippen LogP contribution in [0.1, 0.15) is 80.0 Å². The van der Waals surface area contributed by atoms with Gasteiger partial charge in [0.1, 0.15) is 0 Å². The lowest BCUT2D eigenvalue weighted by atomic mass is 9.60. The maximum absolute atomic E-state index is 13.4. The van der Waals surface area contributed by atoms with Gasteiger partial charge in [-0.3, -0.25) is 14.5 Å². The van der Waals surface area contributed by atoms with Crippen LogP contribution < -0.4 is 0 Å². The van der Waals surface area contributed by atoms with Crippen molar-refractivity contribution in [2.24, 2.45) is 11.8 Å². The normalized spacial score (nSPS) is 32.1. The average Bonchev–Trinajstić information content (AvgIpc) is 3.00. The van der Waals surface area contributed by atoms with E-state index >= 15 is 0 Å². The van der Waals surface area contributed by atoms with Crippen LogP contribution in [0.15, 0.2) is 24.3 Å². The number of benzene rings is 1. The summed E-state index contributed by atoms with van der Waals surface area (Å²) in [6.45, 7) is 4.41. The van der Waals surface area contributed by atoms with Gasteiger partial charge in [0.25, 0.3) is 0 Å². The molecule has 5 aliphatic rings. The third-order valence-electron chi connectivity index (χ3n) is 7.56. The highest BCUT2D eigenvalue weighted by molar-refractivity contribution is 6.07. The first-order valence-electron chi connectivity index (χ1n) is 10.9. The van der Waals surface area contributed by atoms with Gasteiger partial charge in [0.15, 0.2) is 0 Å². The fraction of sp³-hybridized carbons (Fsp3) is 0.583. The quantitative estimate of drug-likeness (QED) is 0.586. The van der Waals surface area contributed by atoms with E-state index < -0.39 is 0 Å². The number of amides is 2. The van der Waals surface area contributed by atoms with E-state index in [1.165, 1.54) is 28.7 Å². The molecule has 3 nitrogen and oxygen atoms in total. The molecule has 1 saturated heterocycles. The Kier molecular flexibility index (Phi) is 4.03. The Bertz CT molecular complexity index is 774. The van der Waals surface area contributed by atoms with E-state index in [-0.39, 0.29) is 41.5 Å². The van der Waals surface area contributed by atoms with Crippen LogP contribution in [-0.4, -0.2) is 22.8 Å². The monoisotopic (exact) mass is 363 g/mol. The molecule has 4 atom stereocenters. The molecule has 0 aromatic heterocycles. The fourth-order valence-electron chi connectivity index (χ4n) is 6.23. The van der Waals surface area contributed by atoms with Crippen LogP contribution in [0.25, 0.3) is 0 Å². The number of hydrogen-bond acceptors (Lipinski definition) is 2. The molecular weight excluding hydrogens is 334 g/mol. The molecule has 1 aliphatic heterocycles. The Morgan fingerprint density at radius 1 is 0.815 bits per heavy atom. The number of carbonyl (C=O) groups excluding carboxylic acids is 2. The Labute approximate surface area is 161 Å². The van der Waals surface area contributed by atoms with Crippen molar-refractivity contribution in [1.82, 2.24) is 4.90 Å². The molecule has 1 aromatic rings. The van der Waals surface area contributed by atoms with Gasteiger partial charge in [-0.05, 0) is 47.9 Å². The second kappa shape index (κ2) is 6.32. The van der Waals surface area contributed by atoms with E-state index in [4.69, 9.17) is 0 Å². The Morgan fingerprint density at radius 3 is 1.74 bits per heavy atom. The molecule has 2 bridgehead atoms. The predicted molar refractivity (Wildman–Crippen MR) is 106 cm³/mol. The predicted octanol–water partition coefficient (Wildman–Crippen LogP) is 4.50. The maximum Gasteiger partial charge on any atom is 0.234 e. The molecule has 1 saturated carbocycles. The topological polar surface area (TPSA) is 37.4 Å². The number of aryl methyl sites for hydroxylation is 2. The van der Waals surface area contributed by atoms with Crippen LogP contribution in [0.2, 0.25) is 0 Å². The molecule has 4 aliphatic carbocycles. The standard InChI is InChI=1S/C24H29NO2/c1-3-14-12-19-17-10-11-18(20(19)13-15(14)4-2)22-21(17)23(26)25(24(22)27)16-8-6-5-7-9-16/h10-13,16-18,21-22H,3-9H2,1-2H3. The molecular formula is C24H29NO2. The minimum atomic E-state index is -0.167. The van der Waals surface area contributed by atoms with Gasteiger partial charge in [0, 0.05) is 17.9 Å². The van der Waals surface area contributed by atoms with Crippen molar-refractivity contribution >= 4 is 11.8 Å². The highest BCUT2D eigenvalue weighted by Gasteiger charge is 2.59. The minimum absolute atomic E-state index is 0.0799. The second-order valence-electron chi connectivity index (χ2n) is 8.78. The highest BCUT2D eigenvalue weighted by Crippen LogP contribution is 2.56. The fourth-order valence-corrected chi connectivity index (χ4v) is 6.23.